The van der Waals surface area contributed by atoms with Crippen molar-refractivity contribution < 1.29 is 4.42 Å². The Morgan fingerprint density at radius 3 is 1.44 bits per heavy atom. The predicted octanol–water partition coefficient (Wildman–Crippen LogP) is 6.14. The monoisotopic (exact) mass is 456 g/mol. The van der Waals surface area contributed by atoms with Crippen LogP contribution in [0.1, 0.15) is 26.3 Å². The molecule has 1 aromatic heterocycles. The minimum atomic E-state index is -2.05. The smallest absolute Gasteiger partial charge is 0.132 e. The molecule has 3 heteroatoms. The van der Waals surface area contributed by atoms with Gasteiger partial charge in [0.25, 0.3) is 0 Å². The van der Waals surface area contributed by atoms with E-state index in [4.69, 9.17) is 4.42 Å². The van der Waals surface area contributed by atoms with Gasteiger partial charge in [0.05, 0.1) is 11.6 Å². The second-order valence-corrected chi connectivity index (χ2v) is 18.4. The molecule has 0 amide bonds. The fourth-order valence-electron chi connectivity index (χ4n) is 4.14. The number of hydrogen-bond acceptors (Lipinski definition) is 1. The third kappa shape index (κ3) is 3.98. The van der Waals surface area contributed by atoms with E-state index in [0.717, 1.165) is 0 Å². The van der Waals surface area contributed by atoms with E-state index in [0.29, 0.717) is 0 Å². The summed E-state index contributed by atoms with van der Waals surface area (Å²) in [6, 6.07) is 35.2. The van der Waals surface area contributed by atoms with Crippen molar-refractivity contribution in [2.45, 2.75) is 38.9 Å². The summed E-state index contributed by atoms with van der Waals surface area (Å²) in [5.41, 5.74) is 1.25. The van der Waals surface area contributed by atoms with Gasteiger partial charge in [-0.3, -0.25) is 0 Å². The number of rotatable bonds is 5. The van der Waals surface area contributed by atoms with Crippen molar-refractivity contribution in [3.05, 3.63) is 109 Å². The summed E-state index contributed by atoms with van der Waals surface area (Å²) < 4.78 is 6.26. The van der Waals surface area contributed by atoms with Crippen LogP contribution in [0.5, 0.6) is 0 Å². The van der Waals surface area contributed by atoms with Crippen molar-refractivity contribution in [3.8, 4) is 0 Å². The molecule has 0 aliphatic rings. The molecule has 0 unspecified atom stereocenters. The third-order valence-electron chi connectivity index (χ3n) is 6.96. The summed E-state index contributed by atoms with van der Waals surface area (Å²) in [4.78, 5) is 0. The minimum Gasteiger partial charge on any atom is -0.474 e. The molecular formula is C29H33OPSi. The van der Waals surface area contributed by atoms with Crippen LogP contribution in [0.25, 0.3) is 0 Å². The lowest BCUT2D eigenvalue weighted by Gasteiger charge is -2.36. The highest BCUT2D eigenvalue weighted by molar-refractivity contribution is 7.94. The maximum atomic E-state index is 6.26. The Balaban J connectivity index is 2.12. The van der Waals surface area contributed by atoms with Gasteiger partial charge in [0.2, 0.25) is 0 Å². The first-order valence-corrected chi connectivity index (χ1v) is 16.1. The van der Waals surface area contributed by atoms with Crippen LogP contribution >= 0.6 is 6.89 Å². The normalized spacial score (nSPS) is 12.5. The van der Waals surface area contributed by atoms with Gasteiger partial charge in [-0.1, -0.05) is 125 Å². The van der Waals surface area contributed by atoms with Crippen molar-refractivity contribution in [2.24, 2.45) is 0 Å². The molecule has 4 rings (SSSR count). The second kappa shape index (κ2) is 8.77. The van der Waals surface area contributed by atoms with Gasteiger partial charge in [0, 0.05) is 5.56 Å². The van der Waals surface area contributed by atoms with Gasteiger partial charge in [0.15, 0.2) is 0 Å². The molecule has 0 bridgehead atoms. The summed E-state index contributed by atoms with van der Waals surface area (Å²) in [6.45, 7) is 9.84. The first kappa shape index (κ1) is 22.6. The first-order chi connectivity index (χ1) is 15.3. The standard InChI is InChI=1S/C29H33OPSi/c1-29(2,3)32(4,5)28-24(21-22-30-28)23-31(25-15-9-6-10-16-25,26-17-11-7-12-18-26)27-19-13-8-14-20-27/h6-23H,1-5H3. The molecule has 3 aromatic carbocycles. The summed E-state index contributed by atoms with van der Waals surface area (Å²) >= 11 is 0. The lowest BCUT2D eigenvalue weighted by Crippen LogP contribution is -2.50. The van der Waals surface area contributed by atoms with E-state index in [1.165, 1.54) is 26.9 Å². The Morgan fingerprint density at radius 1 is 0.656 bits per heavy atom. The fourth-order valence-corrected chi connectivity index (χ4v) is 10.1. The molecule has 0 aliphatic heterocycles. The molecule has 0 saturated carbocycles. The molecule has 0 saturated heterocycles. The Morgan fingerprint density at radius 2 is 1.06 bits per heavy atom. The van der Waals surface area contributed by atoms with E-state index in [9.17, 15) is 0 Å². The molecule has 164 valence electrons. The quantitative estimate of drug-likeness (QED) is 0.260. The Labute approximate surface area is 194 Å². The first-order valence-electron chi connectivity index (χ1n) is 11.3. The van der Waals surface area contributed by atoms with E-state index in [1.807, 2.05) is 6.26 Å². The molecule has 1 nitrogen and oxygen atoms in total. The van der Waals surface area contributed by atoms with Gasteiger partial charge in [-0.05, 0) is 39.7 Å². The van der Waals surface area contributed by atoms with Crippen molar-refractivity contribution in [1.82, 2.24) is 0 Å². The van der Waals surface area contributed by atoms with Crippen molar-refractivity contribution in [1.29, 1.82) is 0 Å². The Kier molecular flexibility index (Phi) is 6.21. The van der Waals surface area contributed by atoms with Crippen LogP contribution in [0, 0.1) is 0 Å². The maximum absolute atomic E-state index is 6.26. The fraction of sp³-hybridized carbons (Fsp3) is 0.207. The lowest BCUT2D eigenvalue weighted by atomic mass is 10.2. The number of furan rings is 1. The van der Waals surface area contributed by atoms with E-state index in [1.54, 1.807) is 0 Å². The van der Waals surface area contributed by atoms with Crippen LogP contribution in [0.2, 0.25) is 18.1 Å². The van der Waals surface area contributed by atoms with Crippen LogP contribution in [0.3, 0.4) is 0 Å². The number of hydrogen-bond donors (Lipinski definition) is 0. The molecule has 0 N–H and O–H groups in total. The van der Waals surface area contributed by atoms with Gasteiger partial charge in [0.1, 0.15) is 8.07 Å². The maximum Gasteiger partial charge on any atom is 0.132 e. The number of benzene rings is 3. The highest BCUT2D eigenvalue weighted by Crippen LogP contribution is 2.45. The second-order valence-electron chi connectivity index (χ2n) is 9.94. The zero-order chi connectivity index (χ0) is 22.8. The zero-order valence-corrected chi connectivity index (χ0v) is 21.6. The third-order valence-corrected chi connectivity index (χ3v) is 16.3. The van der Waals surface area contributed by atoms with E-state index >= 15 is 0 Å². The van der Waals surface area contributed by atoms with E-state index in [-0.39, 0.29) is 5.04 Å². The van der Waals surface area contributed by atoms with E-state index in [2.05, 4.69) is 137 Å². The Bertz CT molecular complexity index is 1110. The predicted molar refractivity (Wildman–Crippen MR) is 146 cm³/mol. The van der Waals surface area contributed by atoms with Crippen LogP contribution in [0.15, 0.2) is 108 Å². The molecule has 32 heavy (non-hydrogen) atoms. The van der Waals surface area contributed by atoms with Crippen molar-refractivity contribution in [3.63, 3.8) is 0 Å². The lowest BCUT2D eigenvalue weighted by molar-refractivity contribution is 0.587. The highest BCUT2D eigenvalue weighted by atomic mass is 31.2. The van der Waals surface area contributed by atoms with Gasteiger partial charge in [-0.2, -0.15) is 0 Å². The van der Waals surface area contributed by atoms with Gasteiger partial charge < -0.3 is 4.42 Å². The van der Waals surface area contributed by atoms with Crippen LogP contribution in [-0.2, 0) is 0 Å². The van der Waals surface area contributed by atoms with Gasteiger partial charge >= 0.3 is 0 Å². The SMILES string of the molecule is CC(C)(C)[Si](C)(C)c1occc1C=P(c1ccccc1)(c1ccccc1)c1ccccc1. The summed E-state index contributed by atoms with van der Waals surface area (Å²) in [5.74, 6) is 2.55. The minimum absolute atomic E-state index is 0.195. The average molecular weight is 457 g/mol. The topological polar surface area (TPSA) is 13.1 Å². The Hall–Kier alpha value is -2.54. The summed E-state index contributed by atoms with van der Waals surface area (Å²) in [5, 5.41) is 5.47. The van der Waals surface area contributed by atoms with E-state index < -0.39 is 15.0 Å². The van der Waals surface area contributed by atoms with Gasteiger partial charge in [-0.15, -0.1) is 0 Å². The van der Waals surface area contributed by atoms with Crippen molar-refractivity contribution in [2.75, 3.05) is 0 Å². The van der Waals surface area contributed by atoms with Crippen LogP contribution < -0.4 is 21.3 Å². The molecular weight excluding hydrogens is 423 g/mol. The molecule has 0 spiro atoms. The van der Waals surface area contributed by atoms with Crippen LogP contribution in [-0.4, -0.2) is 13.9 Å². The highest BCUT2D eigenvalue weighted by Gasteiger charge is 2.41. The molecule has 0 atom stereocenters. The molecule has 4 aromatic rings. The molecule has 0 radical (unpaired) electrons. The molecule has 1 heterocycles. The van der Waals surface area contributed by atoms with Crippen LogP contribution in [0.4, 0.5) is 0 Å². The van der Waals surface area contributed by atoms with Gasteiger partial charge in [-0.25, -0.2) is 0 Å². The molecule has 0 aliphatic carbocycles. The summed E-state index contributed by atoms with van der Waals surface area (Å²) in [6.07, 6.45) is 1.89. The average Bonchev–Trinajstić information content (AvgIpc) is 3.27. The van der Waals surface area contributed by atoms with Crippen molar-refractivity contribution >= 4 is 42.1 Å². The zero-order valence-electron chi connectivity index (χ0n) is 19.7. The molecule has 0 fully saturated rings. The summed E-state index contributed by atoms with van der Waals surface area (Å²) in [7, 11) is -1.86. The largest absolute Gasteiger partial charge is 0.474 e.